The van der Waals surface area contributed by atoms with E-state index in [4.69, 9.17) is 4.74 Å². The molecule has 16 heavy (non-hydrogen) atoms. The van der Waals surface area contributed by atoms with Gasteiger partial charge in [0.2, 0.25) is 5.91 Å². The second-order valence-corrected chi connectivity index (χ2v) is 6.29. The van der Waals surface area contributed by atoms with Gasteiger partial charge in [-0.3, -0.25) is 4.79 Å². The highest BCUT2D eigenvalue weighted by atomic mass is 79.9. The quantitative estimate of drug-likeness (QED) is 0.808. The Morgan fingerprint density at radius 3 is 2.81 bits per heavy atom. The van der Waals surface area contributed by atoms with Gasteiger partial charge < -0.3 is 10.1 Å². The van der Waals surface area contributed by atoms with Crippen LogP contribution in [0.3, 0.4) is 0 Å². The molecular formula is C11H18BrNO2S. The van der Waals surface area contributed by atoms with Crippen LogP contribution in [0.4, 0.5) is 0 Å². The van der Waals surface area contributed by atoms with Gasteiger partial charge in [-0.05, 0) is 25.0 Å². The minimum atomic E-state index is -0.0669. The third-order valence-electron chi connectivity index (χ3n) is 3.39. The van der Waals surface area contributed by atoms with Crippen molar-refractivity contribution in [3.8, 4) is 0 Å². The van der Waals surface area contributed by atoms with Crippen molar-refractivity contribution in [2.45, 2.75) is 24.8 Å². The van der Waals surface area contributed by atoms with Crippen LogP contribution in [0.2, 0.25) is 0 Å². The van der Waals surface area contributed by atoms with Crippen molar-refractivity contribution in [3.63, 3.8) is 0 Å². The molecule has 0 aromatic carbocycles. The molecule has 92 valence electrons. The summed E-state index contributed by atoms with van der Waals surface area (Å²) in [5, 5.41) is 4.07. The standard InChI is InChI=1S/C11H18BrNO2S/c12-8-11(2-4-15-5-3-11)13-10(14)9-1-6-16-7-9/h9H,1-8H2,(H,13,14). The molecule has 0 aliphatic carbocycles. The third kappa shape index (κ3) is 2.93. The second kappa shape index (κ2) is 5.74. The Morgan fingerprint density at radius 1 is 1.50 bits per heavy atom. The maximum absolute atomic E-state index is 12.1. The summed E-state index contributed by atoms with van der Waals surface area (Å²) in [5.74, 6) is 2.58. The van der Waals surface area contributed by atoms with E-state index in [2.05, 4.69) is 21.2 Å². The molecule has 5 heteroatoms. The fraction of sp³-hybridized carbons (Fsp3) is 0.909. The molecule has 3 nitrogen and oxygen atoms in total. The first kappa shape index (κ1) is 12.7. The van der Waals surface area contributed by atoms with Gasteiger partial charge in [-0.1, -0.05) is 15.9 Å². The Kier molecular flexibility index (Phi) is 4.56. The highest BCUT2D eigenvalue weighted by Gasteiger charge is 2.35. The summed E-state index contributed by atoms with van der Waals surface area (Å²) in [4.78, 5) is 12.1. The van der Waals surface area contributed by atoms with E-state index < -0.39 is 0 Å². The number of halogens is 1. The molecule has 2 aliphatic heterocycles. The van der Waals surface area contributed by atoms with Gasteiger partial charge in [-0.2, -0.15) is 11.8 Å². The van der Waals surface area contributed by atoms with Gasteiger partial charge in [-0.15, -0.1) is 0 Å². The molecule has 0 saturated carbocycles. The molecule has 0 radical (unpaired) electrons. The molecule has 2 fully saturated rings. The number of amides is 1. The number of rotatable bonds is 3. The van der Waals surface area contributed by atoms with Crippen molar-refractivity contribution < 1.29 is 9.53 Å². The number of carbonyl (C=O) groups is 1. The van der Waals surface area contributed by atoms with E-state index in [0.29, 0.717) is 0 Å². The van der Waals surface area contributed by atoms with E-state index >= 15 is 0 Å². The smallest absolute Gasteiger partial charge is 0.224 e. The number of ether oxygens (including phenoxy) is 1. The first-order valence-corrected chi connectivity index (χ1v) is 8.07. The third-order valence-corrected chi connectivity index (χ3v) is 5.63. The molecule has 1 N–H and O–H groups in total. The minimum absolute atomic E-state index is 0.0669. The molecule has 0 spiro atoms. The van der Waals surface area contributed by atoms with Crippen molar-refractivity contribution in [1.82, 2.24) is 5.32 Å². The van der Waals surface area contributed by atoms with Crippen LogP contribution in [0.5, 0.6) is 0 Å². The van der Waals surface area contributed by atoms with E-state index in [-0.39, 0.29) is 17.4 Å². The molecule has 2 rings (SSSR count). The van der Waals surface area contributed by atoms with E-state index in [1.54, 1.807) is 0 Å². The summed E-state index contributed by atoms with van der Waals surface area (Å²) >= 11 is 5.41. The summed E-state index contributed by atoms with van der Waals surface area (Å²) in [7, 11) is 0. The zero-order chi connectivity index (χ0) is 11.4. The number of carbonyl (C=O) groups excluding carboxylic acids is 1. The lowest BCUT2D eigenvalue weighted by Gasteiger charge is -2.37. The first-order valence-electron chi connectivity index (χ1n) is 5.79. The van der Waals surface area contributed by atoms with E-state index in [0.717, 1.165) is 49.3 Å². The Bertz CT molecular complexity index is 250. The van der Waals surface area contributed by atoms with Gasteiger partial charge in [0.15, 0.2) is 0 Å². The molecule has 1 unspecified atom stereocenters. The normalized spacial score (nSPS) is 28.9. The highest BCUT2D eigenvalue weighted by Crippen LogP contribution is 2.27. The number of thioether (sulfide) groups is 1. The summed E-state index contributed by atoms with van der Waals surface area (Å²) in [5.41, 5.74) is -0.0669. The minimum Gasteiger partial charge on any atom is -0.381 e. The average molecular weight is 308 g/mol. The van der Waals surface area contributed by atoms with E-state index in [1.807, 2.05) is 11.8 Å². The van der Waals surface area contributed by atoms with Gasteiger partial charge >= 0.3 is 0 Å². The van der Waals surface area contributed by atoms with Crippen LogP contribution < -0.4 is 5.32 Å². The van der Waals surface area contributed by atoms with Crippen LogP contribution in [0, 0.1) is 5.92 Å². The van der Waals surface area contributed by atoms with Crippen LogP contribution in [0.25, 0.3) is 0 Å². The Morgan fingerprint density at radius 2 is 2.25 bits per heavy atom. The van der Waals surface area contributed by atoms with E-state index in [1.165, 1.54) is 0 Å². The molecule has 2 saturated heterocycles. The van der Waals surface area contributed by atoms with Crippen LogP contribution in [0.1, 0.15) is 19.3 Å². The molecule has 2 heterocycles. The van der Waals surface area contributed by atoms with Gasteiger partial charge in [0.1, 0.15) is 0 Å². The lowest BCUT2D eigenvalue weighted by Crippen LogP contribution is -2.54. The Balaban J connectivity index is 1.91. The summed E-state index contributed by atoms with van der Waals surface area (Å²) < 4.78 is 5.36. The predicted molar refractivity (Wildman–Crippen MR) is 70.2 cm³/mol. The first-order chi connectivity index (χ1) is 7.76. The van der Waals surface area contributed by atoms with Gasteiger partial charge in [0.25, 0.3) is 0 Å². The SMILES string of the molecule is O=C(NC1(CBr)CCOCC1)C1CCSC1. The molecule has 0 aromatic rings. The fourth-order valence-corrected chi connectivity index (χ4v) is 4.08. The Labute approximate surface area is 109 Å². The van der Waals surface area contributed by atoms with Crippen molar-refractivity contribution in [2.24, 2.45) is 5.92 Å². The van der Waals surface area contributed by atoms with Crippen LogP contribution in [-0.2, 0) is 9.53 Å². The Hall–Kier alpha value is 0.260. The molecule has 1 atom stereocenters. The summed E-state index contributed by atoms with van der Waals surface area (Å²) in [6.07, 6.45) is 2.87. The molecule has 0 aromatic heterocycles. The van der Waals surface area contributed by atoms with Gasteiger partial charge in [0.05, 0.1) is 5.54 Å². The lowest BCUT2D eigenvalue weighted by molar-refractivity contribution is -0.127. The topological polar surface area (TPSA) is 38.3 Å². The largest absolute Gasteiger partial charge is 0.381 e. The van der Waals surface area contributed by atoms with Crippen molar-refractivity contribution in [2.75, 3.05) is 30.0 Å². The van der Waals surface area contributed by atoms with E-state index in [9.17, 15) is 4.79 Å². The average Bonchev–Trinajstić information content (AvgIpc) is 2.84. The van der Waals surface area contributed by atoms with Gasteiger partial charge in [-0.25, -0.2) is 0 Å². The number of hydrogen-bond acceptors (Lipinski definition) is 3. The number of alkyl halides is 1. The summed E-state index contributed by atoms with van der Waals surface area (Å²) in [6.45, 7) is 1.51. The zero-order valence-electron chi connectivity index (χ0n) is 9.34. The zero-order valence-corrected chi connectivity index (χ0v) is 11.7. The van der Waals surface area contributed by atoms with Crippen molar-refractivity contribution in [1.29, 1.82) is 0 Å². The fourth-order valence-electron chi connectivity index (χ4n) is 2.16. The molecular weight excluding hydrogens is 290 g/mol. The monoisotopic (exact) mass is 307 g/mol. The summed E-state index contributed by atoms with van der Waals surface area (Å²) in [6, 6.07) is 0. The maximum atomic E-state index is 12.1. The molecule has 0 bridgehead atoms. The van der Waals surface area contributed by atoms with Crippen molar-refractivity contribution >= 4 is 33.6 Å². The predicted octanol–water partition coefficient (Wildman–Crippen LogP) is 1.80. The number of hydrogen-bond donors (Lipinski definition) is 1. The van der Waals surface area contributed by atoms with Crippen LogP contribution in [0.15, 0.2) is 0 Å². The van der Waals surface area contributed by atoms with Gasteiger partial charge in [0, 0.05) is 30.2 Å². The number of nitrogens with one attached hydrogen (secondary N) is 1. The molecule has 1 amide bonds. The lowest BCUT2D eigenvalue weighted by atomic mass is 9.91. The highest BCUT2D eigenvalue weighted by molar-refractivity contribution is 9.09. The maximum Gasteiger partial charge on any atom is 0.224 e. The van der Waals surface area contributed by atoms with Crippen LogP contribution in [-0.4, -0.2) is 41.5 Å². The molecule has 2 aliphatic rings. The van der Waals surface area contributed by atoms with Crippen molar-refractivity contribution in [3.05, 3.63) is 0 Å². The second-order valence-electron chi connectivity index (χ2n) is 4.58. The van der Waals surface area contributed by atoms with Crippen LogP contribution >= 0.6 is 27.7 Å².